The fourth-order valence-electron chi connectivity index (χ4n) is 3.07. The molecule has 136 valence electrons. The second kappa shape index (κ2) is 6.49. The Hall–Kier alpha value is -2.39. The van der Waals surface area contributed by atoms with Gasteiger partial charge < -0.3 is 30.3 Å². The van der Waals surface area contributed by atoms with Crippen LogP contribution in [-0.4, -0.2) is 63.6 Å². The molecule has 9 heteroatoms. The normalized spacial score (nSPS) is 26.0. The van der Waals surface area contributed by atoms with Crippen molar-refractivity contribution in [2.24, 2.45) is 0 Å². The number of piperidine rings is 1. The lowest BCUT2D eigenvalue weighted by Crippen LogP contribution is -2.59. The van der Waals surface area contributed by atoms with Crippen molar-refractivity contribution >= 4 is 17.7 Å². The molecule has 2 aliphatic heterocycles. The maximum atomic E-state index is 13.9. The summed E-state index contributed by atoms with van der Waals surface area (Å²) in [5.41, 5.74) is -1.03. The number of aliphatic hydroxyl groups is 2. The van der Waals surface area contributed by atoms with Gasteiger partial charge in [0.15, 0.2) is 0 Å². The number of likely N-dealkylation sites (tertiary alicyclic amines) is 1. The minimum absolute atomic E-state index is 0.0145. The van der Waals surface area contributed by atoms with E-state index in [-0.39, 0.29) is 44.1 Å². The number of β-amino-alcohol motifs (C(OH)–C–C–N with tert-alkyl or cyclic N) is 1. The standard InChI is InChI=1S/C16H19FN2O6/c17-10-2-3-11(9-1-4-13(21)18-14(9)10)25-8-16(24)5-6-19(15(22)23)7-12(16)20/h2-3,12,20,24H,1,4-8H2,(H,18,21)(H,22,23)/t12-,16-/m0/s1. The smallest absolute Gasteiger partial charge is 0.407 e. The number of hydrogen-bond acceptors (Lipinski definition) is 5. The second-order valence-corrected chi connectivity index (χ2v) is 6.33. The van der Waals surface area contributed by atoms with Gasteiger partial charge in [0.2, 0.25) is 5.91 Å². The first-order valence-corrected chi connectivity index (χ1v) is 7.92. The van der Waals surface area contributed by atoms with Crippen LogP contribution in [0, 0.1) is 5.82 Å². The predicted octanol–water partition coefficient (Wildman–Crippen LogP) is 0.565. The molecule has 1 aromatic carbocycles. The number of carbonyl (C=O) groups excluding carboxylic acids is 1. The Balaban J connectivity index is 1.73. The van der Waals surface area contributed by atoms with Gasteiger partial charge >= 0.3 is 6.09 Å². The number of nitrogens with zero attached hydrogens (tertiary/aromatic N) is 1. The molecule has 2 heterocycles. The molecule has 1 aromatic rings. The Morgan fingerprint density at radius 2 is 2.20 bits per heavy atom. The van der Waals surface area contributed by atoms with Gasteiger partial charge in [0.1, 0.15) is 29.9 Å². The zero-order chi connectivity index (χ0) is 18.2. The summed E-state index contributed by atoms with van der Waals surface area (Å²) < 4.78 is 19.5. The molecule has 1 saturated heterocycles. The summed E-state index contributed by atoms with van der Waals surface area (Å²) >= 11 is 0. The molecule has 4 N–H and O–H groups in total. The highest BCUT2D eigenvalue weighted by Gasteiger charge is 2.43. The molecular formula is C16H19FN2O6. The summed E-state index contributed by atoms with van der Waals surface area (Å²) in [6, 6.07) is 2.57. The van der Waals surface area contributed by atoms with Gasteiger partial charge in [-0.3, -0.25) is 4.79 Å². The van der Waals surface area contributed by atoms with E-state index in [1.165, 1.54) is 6.07 Å². The van der Waals surface area contributed by atoms with Crippen molar-refractivity contribution in [1.29, 1.82) is 0 Å². The largest absolute Gasteiger partial charge is 0.490 e. The fourth-order valence-corrected chi connectivity index (χ4v) is 3.07. The lowest BCUT2D eigenvalue weighted by atomic mass is 9.89. The van der Waals surface area contributed by atoms with Crippen LogP contribution in [0.3, 0.4) is 0 Å². The molecule has 0 aliphatic carbocycles. The van der Waals surface area contributed by atoms with E-state index in [4.69, 9.17) is 9.84 Å². The van der Waals surface area contributed by atoms with Gasteiger partial charge in [-0.15, -0.1) is 0 Å². The van der Waals surface area contributed by atoms with Gasteiger partial charge in [0, 0.05) is 18.5 Å². The minimum atomic E-state index is -1.61. The number of fused-ring (bicyclic) bond motifs is 1. The number of halogens is 1. The summed E-state index contributed by atoms with van der Waals surface area (Å²) in [5.74, 6) is -0.528. The molecule has 0 saturated carbocycles. The Bertz CT molecular complexity index is 712. The Kier molecular flexibility index (Phi) is 4.53. The van der Waals surface area contributed by atoms with E-state index in [9.17, 15) is 24.2 Å². The number of nitrogens with one attached hydrogen (secondary N) is 1. The van der Waals surface area contributed by atoms with Crippen molar-refractivity contribution in [3.8, 4) is 5.75 Å². The number of benzene rings is 1. The molecule has 25 heavy (non-hydrogen) atoms. The summed E-state index contributed by atoms with van der Waals surface area (Å²) in [6.45, 7) is -0.412. The first-order valence-electron chi connectivity index (χ1n) is 7.92. The monoisotopic (exact) mass is 354 g/mol. The van der Waals surface area contributed by atoms with Gasteiger partial charge in [-0.1, -0.05) is 0 Å². The van der Waals surface area contributed by atoms with Crippen molar-refractivity contribution in [1.82, 2.24) is 4.90 Å². The summed E-state index contributed by atoms with van der Waals surface area (Å²) in [4.78, 5) is 23.4. The summed E-state index contributed by atoms with van der Waals surface area (Å²) in [5, 5.41) is 32.1. The maximum absolute atomic E-state index is 13.9. The van der Waals surface area contributed by atoms with E-state index in [0.29, 0.717) is 17.7 Å². The lowest BCUT2D eigenvalue weighted by molar-refractivity contribution is -0.132. The quantitative estimate of drug-likeness (QED) is 0.630. The minimum Gasteiger partial charge on any atom is -0.490 e. The van der Waals surface area contributed by atoms with Crippen molar-refractivity contribution in [2.45, 2.75) is 31.0 Å². The number of hydrogen-bond donors (Lipinski definition) is 4. The zero-order valence-corrected chi connectivity index (χ0v) is 13.4. The maximum Gasteiger partial charge on any atom is 0.407 e. The number of aliphatic hydroxyl groups excluding tert-OH is 1. The number of rotatable bonds is 3. The van der Waals surface area contributed by atoms with Crippen molar-refractivity contribution in [2.75, 3.05) is 25.0 Å². The van der Waals surface area contributed by atoms with Crippen molar-refractivity contribution in [3.05, 3.63) is 23.5 Å². The molecule has 0 aromatic heterocycles. The van der Waals surface area contributed by atoms with E-state index in [2.05, 4.69) is 5.32 Å². The van der Waals surface area contributed by atoms with E-state index in [1.807, 2.05) is 0 Å². The van der Waals surface area contributed by atoms with Crippen molar-refractivity contribution in [3.63, 3.8) is 0 Å². The molecule has 8 nitrogen and oxygen atoms in total. The molecule has 2 amide bonds. The third-order valence-corrected chi connectivity index (χ3v) is 4.66. The van der Waals surface area contributed by atoms with Gasteiger partial charge in [0.05, 0.1) is 12.2 Å². The molecule has 2 atom stereocenters. The number of amides is 2. The third kappa shape index (κ3) is 3.38. The van der Waals surface area contributed by atoms with Crippen LogP contribution >= 0.6 is 0 Å². The van der Waals surface area contributed by atoms with Crippen LogP contribution < -0.4 is 10.1 Å². The third-order valence-electron chi connectivity index (χ3n) is 4.66. The van der Waals surface area contributed by atoms with E-state index < -0.39 is 23.6 Å². The van der Waals surface area contributed by atoms with E-state index in [1.54, 1.807) is 0 Å². The number of anilines is 1. The summed E-state index contributed by atoms with van der Waals surface area (Å²) in [6.07, 6.45) is -1.94. The van der Waals surface area contributed by atoms with Gasteiger partial charge in [-0.05, 0) is 25.0 Å². The van der Waals surface area contributed by atoms with Crippen LogP contribution in [0.25, 0.3) is 0 Å². The van der Waals surface area contributed by atoms with Crippen LogP contribution in [0.2, 0.25) is 0 Å². The first kappa shape index (κ1) is 17.4. The van der Waals surface area contributed by atoms with Gasteiger partial charge in [-0.25, -0.2) is 9.18 Å². The lowest BCUT2D eigenvalue weighted by Gasteiger charge is -2.40. The molecule has 0 unspecified atom stereocenters. The Labute approximate surface area is 142 Å². The molecule has 0 spiro atoms. The number of carboxylic acid groups (broad SMARTS) is 1. The van der Waals surface area contributed by atoms with E-state index in [0.717, 1.165) is 11.0 Å². The first-order chi connectivity index (χ1) is 11.8. The molecular weight excluding hydrogens is 335 g/mol. The zero-order valence-electron chi connectivity index (χ0n) is 13.4. The number of ether oxygens (including phenoxy) is 1. The van der Waals surface area contributed by atoms with E-state index >= 15 is 0 Å². The van der Waals surface area contributed by atoms with Crippen LogP contribution in [0.4, 0.5) is 14.9 Å². The summed E-state index contributed by atoms with van der Waals surface area (Å²) in [7, 11) is 0. The highest BCUT2D eigenvalue weighted by atomic mass is 19.1. The van der Waals surface area contributed by atoms with Crippen LogP contribution in [-0.2, 0) is 11.2 Å². The topological polar surface area (TPSA) is 119 Å². The number of carbonyl (C=O) groups is 2. The molecule has 2 aliphatic rings. The Morgan fingerprint density at radius 3 is 2.88 bits per heavy atom. The van der Waals surface area contributed by atoms with Crippen LogP contribution in [0.1, 0.15) is 18.4 Å². The molecule has 0 radical (unpaired) electrons. The molecule has 1 fully saturated rings. The average molecular weight is 354 g/mol. The fraction of sp³-hybridized carbons (Fsp3) is 0.500. The van der Waals surface area contributed by atoms with Crippen LogP contribution in [0.5, 0.6) is 5.75 Å². The predicted molar refractivity (Wildman–Crippen MR) is 84.0 cm³/mol. The highest BCUT2D eigenvalue weighted by Crippen LogP contribution is 2.34. The molecule has 0 bridgehead atoms. The van der Waals surface area contributed by atoms with Gasteiger partial charge in [0.25, 0.3) is 0 Å². The highest BCUT2D eigenvalue weighted by molar-refractivity contribution is 5.94. The molecule has 3 rings (SSSR count). The SMILES string of the molecule is O=C1CCc2c(OC[C@@]3(O)CCN(C(=O)O)C[C@@H]3O)ccc(F)c2N1. The van der Waals surface area contributed by atoms with Gasteiger partial charge in [-0.2, -0.15) is 0 Å². The van der Waals surface area contributed by atoms with Crippen molar-refractivity contribution < 1.29 is 34.0 Å². The second-order valence-electron chi connectivity index (χ2n) is 6.33. The Morgan fingerprint density at radius 1 is 1.44 bits per heavy atom. The van der Waals surface area contributed by atoms with Crippen LogP contribution in [0.15, 0.2) is 12.1 Å². The average Bonchev–Trinajstić information content (AvgIpc) is 2.57.